The molecule has 1 heterocycles. The van der Waals surface area contributed by atoms with Crippen molar-refractivity contribution in [2.24, 2.45) is 0 Å². The molecule has 0 aliphatic heterocycles. The fourth-order valence-corrected chi connectivity index (χ4v) is 1.50. The van der Waals surface area contributed by atoms with Crippen molar-refractivity contribution in [1.29, 1.82) is 0 Å². The van der Waals surface area contributed by atoms with E-state index in [4.69, 9.17) is 9.52 Å². The zero-order valence-electron chi connectivity index (χ0n) is 9.43. The van der Waals surface area contributed by atoms with Gasteiger partial charge in [0.1, 0.15) is 5.76 Å². The van der Waals surface area contributed by atoms with Gasteiger partial charge < -0.3 is 14.8 Å². The number of benzene rings is 1. The van der Waals surface area contributed by atoms with E-state index in [9.17, 15) is 4.79 Å². The fraction of sp³-hybridized carbons (Fsp3) is 0.154. The van der Waals surface area contributed by atoms with Crippen molar-refractivity contribution in [3.05, 3.63) is 53.5 Å². The van der Waals surface area contributed by atoms with Crippen LogP contribution in [0.15, 0.2) is 41.0 Å². The number of furan rings is 1. The molecule has 1 aromatic heterocycles. The Morgan fingerprint density at radius 2 is 2.00 bits per heavy atom. The molecule has 0 bridgehead atoms. The van der Waals surface area contributed by atoms with E-state index in [-0.39, 0.29) is 5.56 Å². The molecule has 0 saturated carbocycles. The molecule has 88 valence electrons. The van der Waals surface area contributed by atoms with E-state index >= 15 is 0 Å². The van der Waals surface area contributed by atoms with Gasteiger partial charge >= 0.3 is 5.97 Å². The highest BCUT2D eigenvalue weighted by molar-refractivity contribution is 5.87. The van der Waals surface area contributed by atoms with Crippen LogP contribution in [0.4, 0.5) is 5.69 Å². The number of aromatic carboxylic acids is 1. The molecular weight excluding hydrogens is 218 g/mol. The molecule has 0 aliphatic carbocycles. The molecule has 4 heteroatoms. The van der Waals surface area contributed by atoms with Crippen molar-refractivity contribution in [2.75, 3.05) is 5.32 Å². The molecule has 4 nitrogen and oxygen atoms in total. The molecule has 17 heavy (non-hydrogen) atoms. The zero-order valence-corrected chi connectivity index (χ0v) is 9.43. The second-order valence-corrected chi connectivity index (χ2v) is 3.76. The lowest BCUT2D eigenvalue weighted by Crippen LogP contribution is -2.00. The zero-order chi connectivity index (χ0) is 12.3. The molecule has 0 atom stereocenters. The van der Waals surface area contributed by atoms with Crippen LogP contribution in [0.2, 0.25) is 0 Å². The monoisotopic (exact) mass is 231 g/mol. The first kappa shape index (κ1) is 11.3. The molecule has 0 radical (unpaired) electrons. The van der Waals surface area contributed by atoms with E-state index in [1.54, 1.807) is 30.5 Å². The van der Waals surface area contributed by atoms with Crippen LogP contribution in [0.3, 0.4) is 0 Å². The summed E-state index contributed by atoms with van der Waals surface area (Å²) in [5, 5.41) is 11.9. The van der Waals surface area contributed by atoms with Crippen molar-refractivity contribution in [3.8, 4) is 0 Å². The number of rotatable bonds is 4. The highest BCUT2D eigenvalue weighted by atomic mass is 16.4. The Kier molecular flexibility index (Phi) is 3.14. The van der Waals surface area contributed by atoms with Crippen molar-refractivity contribution < 1.29 is 14.3 Å². The maximum Gasteiger partial charge on any atom is 0.335 e. The summed E-state index contributed by atoms with van der Waals surface area (Å²) in [6, 6.07) is 8.52. The Hall–Kier alpha value is -2.23. The summed E-state index contributed by atoms with van der Waals surface area (Å²) in [5.41, 5.74) is 2.25. The van der Waals surface area contributed by atoms with Crippen LogP contribution < -0.4 is 5.32 Å². The predicted molar refractivity (Wildman–Crippen MR) is 64.2 cm³/mol. The highest BCUT2D eigenvalue weighted by Gasteiger charge is 2.03. The molecule has 0 saturated heterocycles. The minimum atomic E-state index is -0.918. The van der Waals surface area contributed by atoms with Gasteiger partial charge in [-0.25, -0.2) is 4.79 Å². The molecule has 2 aromatic rings. The number of aryl methyl sites for hydroxylation is 1. The lowest BCUT2D eigenvalue weighted by atomic mass is 10.2. The fourth-order valence-electron chi connectivity index (χ4n) is 1.50. The molecular formula is C13H13NO3. The maximum absolute atomic E-state index is 10.7. The molecule has 0 amide bonds. The van der Waals surface area contributed by atoms with Crippen LogP contribution in [0.5, 0.6) is 0 Å². The number of carboxylic acid groups (broad SMARTS) is 1. The first-order chi connectivity index (χ1) is 8.16. The SMILES string of the molecule is Cc1ccoc1CNc1ccc(C(=O)O)cc1. The van der Waals surface area contributed by atoms with Crippen LogP contribution in [-0.4, -0.2) is 11.1 Å². The summed E-state index contributed by atoms with van der Waals surface area (Å²) in [4.78, 5) is 10.7. The van der Waals surface area contributed by atoms with Crippen molar-refractivity contribution >= 4 is 11.7 Å². The Morgan fingerprint density at radius 1 is 1.29 bits per heavy atom. The first-order valence-electron chi connectivity index (χ1n) is 5.27. The molecule has 1 aromatic carbocycles. The number of carbonyl (C=O) groups is 1. The minimum Gasteiger partial charge on any atom is -0.478 e. The van der Waals surface area contributed by atoms with E-state index in [1.165, 1.54) is 0 Å². The van der Waals surface area contributed by atoms with E-state index in [0.717, 1.165) is 17.0 Å². The van der Waals surface area contributed by atoms with Crippen LogP contribution in [0.25, 0.3) is 0 Å². The summed E-state index contributed by atoms with van der Waals surface area (Å²) in [6.07, 6.45) is 1.65. The summed E-state index contributed by atoms with van der Waals surface area (Å²) < 4.78 is 5.29. The number of carboxylic acids is 1. The summed E-state index contributed by atoms with van der Waals surface area (Å²) in [6.45, 7) is 2.57. The van der Waals surface area contributed by atoms with Gasteiger partial charge in [0, 0.05) is 5.69 Å². The van der Waals surface area contributed by atoms with Gasteiger partial charge in [0.25, 0.3) is 0 Å². The van der Waals surface area contributed by atoms with Crippen molar-refractivity contribution in [3.63, 3.8) is 0 Å². The quantitative estimate of drug-likeness (QED) is 0.849. The van der Waals surface area contributed by atoms with Crippen LogP contribution in [0.1, 0.15) is 21.7 Å². The van der Waals surface area contributed by atoms with Crippen molar-refractivity contribution in [2.45, 2.75) is 13.5 Å². The molecule has 0 fully saturated rings. The average Bonchev–Trinajstić information content (AvgIpc) is 2.73. The Morgan fingerprint density at radius 3 is 2.53 bits per heavy atom. The van der Waals surface area contributed by atoms with Crippen LogP contribution in [0, 0.1) is 6.92 Å². The third kappa shape index (κ3) is 2.66. The van der Waals surface area contributed by atoms with E-state index in [2.05, 4.69) is 5.32 Å². The number of nitrogens with one attached hydrogen (secondary N) is 1. The van der Waals surface area contributed by atoms with Gasteiger partial charge in [-0.1, -0.05) is 0 Å². The Balaban J connectivity index is 2.00. The summed E-state index contributed by atoms with van der Waals surface area (Å²) >= 11 is 0. The maximum atomic E-state index is 10.7. The normalized spacial score (nSPS) is 10.2. The van der Waals surface area contributed by atoms with Gasteiger partial charge in [-0.2, -0.15) is 0 Å². The first-order valence-corrected chi connectivity index (χ1v) is 5.27. The van der Waals surface area contributed by atoms with Gasteiger partial charge in [0.05, 0.1) is 18.4 Å². The van der Waals surface area contributed by atoms with Gasteiger partial charge in [0.15, 0.2) is 0 Å². The van der Waals surface area contributed by atoms with E-state index in [0.29, 0.717) is 6.54 Å². The third-order valence-corrected chi connectivity index (χ3v) is 2.55. The van der Waals surface area contributed by atoms with E-state index < -0.39 is 5.97 Å². The number of anilines is 1. The predicted octanol–water partition coefficient (Wildman–Crippen LogP) is 2.90. The van der Waals surface area contributed by atoms with Crippen LogP contribution >= 0.6 is 0 Å². The number of hydrogen-bond acceptors (Lipinski definition) is 3. The molecule has 0 aliphatic rings. The van der Waals surface area contributed by atoms with Gasteiger partial charge in [-0.15, -0.1) is 0 Å². The lowest BCUT2D eigenvalue weighted by molar-refractivity contribution is 0.0697. The smallest absolute Gasteiger partial charge is 0.335 e. The van der Waals surface area contributed by atoms with Gasteiger partial charge in [0.2, 0.25) is 0 Å². The average molecular weight is 231 g/mol. The second-order valence-electron chi connectivity index (χ2n) is 3.76. The Bertz CT molecular complexity index is 514. The third-order valence-electron chi connectivity index (χ3n) is 2.55. The molecule has 2 rings (SSSR count). The van der Waals surface area contributed by atoms with Crippen molar-refractivity contribution in [1.82, 2.24) is 0 Å². The van der Waals surface area contributed by atoms with E-state index in [1.807, 2.05) is 13.0 Å². The van der Waals surface area contributed by atoms with Gasteiger partial charge in [-0.3, -0.25) is 0 Å². The largest absolute Gasteiger partial charge is 0.478 e. The topological polar surface area (TPSA) is 62.5 Å². The highest BCUT2D eigenvalue weighted by Crippen LogP contribution is 2.13. The molecule has 2 N–H and O–H groups in total. The molecule has 0 spiro atoms. The lowest BCUT2D eigenvalue weighted by Gasteiger charge is -2.05. The molecule has 0 unspecified atom stereocenters. The van der Waals surface area contributed by atoms with Crippen LogP contribution in [-0.2, 0) is 6.54 Å². The summed E-state index contributed by atoms with van der Waals surface area (Å²) in [7, 11) is 0. The standard InChI is InChI=1S/C13H13NO3/c1-9-6-7-17-12(9)8-14-11-4-2-10(3-5-11)13(15)16/h2-7,14H,8H2,1H3,(H,15,16). The number of hydrogen-bond donors (Lipinski definition) is 2. The summed E-state index contributed by atoms with van der Waals surface area (Å²) in [5.74, 6) is -0.0364. The minimum absolute atomic E-state index is 0.282. The Labute approximate surface area is 98.9 Å². The van der Waals surface area contributed by atoms with Gasteiger partial charge in [-0.05, 0) is 42.8 Å². The second kappa shape index (κ2) is 4.74.